The minimum absolute atomic E-state index is 0.0389. The van der Waals surface area contributed by atoms with Crippen LogP contribution in [0.4, 0.5) is 12.3 Å². The molecule has 0 unspecified atom stereocenters. The second kappa shape index (κ2) is 14.5. The van der Waals surface area contributed by atoms with Gasteiger partial charge in [0.05, 0.1) is 24.9 Å². The van der Waals surface area contributed by atoms with Gasteiger partial charge in [0, 0.05) is 32.9 Å². The topological polar surface area (TPSA) is 0 Å². The first-order valence-corrected chi connectivity index (χ1v) is 38.7. The van der Waals surface area contributed by atoms with Crippen molar-refractivity contribution in [3.05, 3.63) is 319 Å². The van der Waals surface area contributed by atoms with Crippen molar-refractivity contribution < 1.29 is 12.3 Å². The lowest BCUT2D eigenvalue weighted by Gasteiger charge is -2.65. The van der Waals surface area contributed by atoms with Gasteiger partial charge in [-0.3, -0.25) is 0 Å². The number of rotatable bonds is 7. The summed E-state index contributed by atoms with van der Waals surface area (Å²) in [6.45, 7) is 6.87. The number of hydrogen-bond donors (Lipinski definition) is 0. The molecule has 0 spiro atoms. The zero-order valence-electron chi connectivity index (χ0n) is 39.7. The Balaban J connectivity index is 1.16. The summed E-state index contributed by atoms with van der Waals surface area (Å²) in [5.41, 5.74) is 20.8. The molecule has 3 radical (unpaired) electrons. The first-order valence-electron chi connectivity index (χ1n) is 25.1. The summed E-state index contributed by atoms with van der Waals surface area (Å²) in [4.78, 5) is 0. The van der Waals surface area contributed by atoms with E-state index in [0.717, 1.165) is 50.1 Å². The maximum absolute atomic E-state index is 20.0. The van der Waals surface area contributed by atoms with Gasteiger partial charge in [-0.15, -0.1) is 0 Å². The van der Waals surface area contributed by atoms with Crippen LogP contribution in [-0.4, -0.2) is 39.7 Å². The highest BCUT2D eigenvalue weighted by Gasteiger charge is 2.82. The van der Waals surface area contributed by atoms with Crippen LogP contribution in [-0.2, 0) is 15.1 Å². The largest absolute Gasteiger partial charge is 0.573 e. The molecule has 9 aromatic rings. The lowest BCUT2D eigenvalue weighted by molar-refractivity contribution is 0.512. The van der Waals surface area contributed by atoms with E-state index in [1.165, 1.54) is 50.1 Å². The molecule has 0 heterocycles. The Morgan fingerprint density at radius 3 is 0.549 bits per heavy atom. The van der Waals surface area contributed by atoms with E-state index in [1.54, 1.807) is 0 Å². The van der Waals surface area contributed by atoms with Gasteiger partial charge in [0.25, 0.3) is 0 Å². The fourth-order valence-electron chi connectivity index (χ4n) is 16.8. The molecule has 9 aromatic carbocycles. The van der Waals surface area contributed by atoms with Gasteiger partial charge in [-0.05, 0) is 100 Å². The summed E-state index contributed by atoms with van der Waals surface area (Å²) >= 11 is 0. The van der Waals surface area contributed by atoms with Crippen LogP contribution in [0.15, 0.2) is 218 Å². The van der Waals surface area contributed by atoms with Crippen molar-refractivity contribution in [2.45, 2.75) is 52.5 Å². The lowest BCUT2D eigenvalue weighted by atomic mass is 9.60. The maximum atomic E-state index is 20.0. The van der Waals surface area contributed by atoms with Gasteiger partial charge >= 0.3 is 8.59 Å². The van der Waals surface area contributed by atoms with Gasteiger partial charge < -0.3 is 0 Å². The zero-order valence-corrected chi connectivity index (χ0v) is 44.7. The summed E-state index contributed by atoms with van der Waals surface area (Å²) in [5, 5.41) is -2.92. The molecule has 0 saturated carbocycles. The average molecular weight is 1000 g/mol. The Morgan fingerprint density at radius 2 is 0.408 bits per heavy atom. The van der Waals surface area contributed by atoms with Crippen LogP contribution in [0.3, 0.4) is 0 Å². The van der Waals surface area contributed by atoms with Crippen LogP contribution >= 0.6 is 0 Å². The van der Waals surface area contributed by atoms with Crippen LogP contribution in [0.1, 0.15) is 118 Å². The van der Waals surface area contributed by atoms with Crippen LogP contribution < -0.4 is 0 Å². The molecule has 0 fully saturated rings. The van der Waals surface area contributed by atoms with Gasteiger partial charge in [-0.25, -0.2) is 12.3 Å². The van der Waals surface area contributed by atoms with E-state index in [0.29, 0.717) is 0 Å². The number of halogens is 3. The van der Waals surface area contributed by atoms with Gasteiger partial charge in [-0.1, -0.05) is 238 Å². The maximum Gasteiger partial charge on any atom is 0.573 e. The summed E-state index contributed by atoms with van der Waals surface area (Å²) in [6.07, 6.45) is -4.85. The van der Waals surface area contributed by atoms with Crippen molar-refractivity contribution in [3.63, 3.8) is 0 Å². The van der Waals surface area contributed by atoms with E-state index in [-0.39, 0.29) is 17.8 Å². The number of hydrogen-bond acceptors (Lipinski definition) is 0. The van der Waals surface area contributed by atoms with E-state index < -0.39 is 54.8 Å². The second-order valence-corrected chi connectivity index (χ2v) is 55.9. The molecular weight excluding hydrogens is 954 g/mol. The molecule has 0 atom stereocenters. The Bertz CT molecular complexity index is 3020. The second-order valence-electron chi connectivity index (χ2n) is 21.0. The molecule has 0 saturated heterocycles. The van der Waals surface area contributed by atoms with Gasteiger partial charge in [-0.2, -0.15) is 0 Å². The van der Waals surface area contributed by atoms with Crippen LogP contribution in [0.5, 0.6) is 0 Å². The zero-order chi connectivity index (χ0) is 47.8. The monoisotopic (exact) mass is 1000 g/mol. The molecule has 71 heavy (non-hydrogen) atoms. The van der Waals surface area contributed by atoms with Crippen molar-refractivity contribution in [1.82, 2.24) is 0 Å². The van der Waals surface area contributed by atoms with E-state index in [9.17, 15) is 0 Å². The predicted octanol–water partition coefficient (Wildman–Crippen LogP) is 14.1. The van der Waals surface area contributed by atoms with Crippen LogP contribution in [0.25, 0.3) is 0 Å². The van der Waals surface area contributed by atoms with E-state index in [2.05, 4.69) is 238 Å². The average Bonchev–Trinajstić information content (AvgIpc) is 3.42. The minimum Gasteiger partial charge on any atom is -0.242 e. The molecule has 9 aliphatic rings. The minimum atomic E-state index is -6.83. The van der Waals surface area contributed by atoms with Gasteiger partial charge in [0.15, 0.2) is 0 Å². The highest BCUT2D eigenvalue weighted by atomic mass is 30.2. The van der Waals surface area contributed by atoms with Crippen LogP contribution in [0.2, 0.25) is 19.6 Å². The van der Waals surface area contributed by atoms with Gasteiger partial charge in [0.1, 0.15) is 6.14 Å². The highest BCUT2D eigenvalue weighted by Crippen LogP contribution is 2.68. The molecule has 0 aliphatic heterocycles. The molecule has 18 rings (SSSR count). The van der Waals surface area contributed by atoms with Crippen molar-refractivity contribution >= 4 is 39.7 Å². The highest BCUT2D eigenvalue weighted by molar-refractivity contribution is 7.98. The smallest absolute Gasteiger partial charge is 0.242 e. The Kier molecular flexibility index (Phi) is 8.69. The molecule has 6 bridgehead atoms. The van der Waals surface area contributed by atoms with E-state index in [4.69, 9.17) is 0 Å². The van der Waals surface area contributed by atoms with Crippen molar-refractivity contribution in [2.24, 2.45) is 0 Å². The van der Waals surface area contributed by atoms with E-state index in [1.807, 2.05) is 0 Å². The molecule has 0 aromatic heterocycles. The predicted molar refractivity (Wildman–Crippen MR) is 290 cm³/mol. The van der Waals surface area contributed by atoms with Crippen molar-refractivity contribution in [3.8, 4) is 0 Å². The SMILES string of the molecule is C[Si](C12c3ccccc3C(c3ccccc31)c1ccccc12)[Si]([Si](C)C12c3ccccc3C(c3ccccc31)c1ccccc12)([Si](C)C12c3ccccc3C(c3ccccc31)c1ccccc12)[Si](F)(F)F. The third kappa shape index (κ3) is 4.71. The van der Waals surface area contributed by atoms with Crippen molar-refractivity contribution in [2.75, 3.05) is 0 Å². The Hall–Kier alpha value is -6.15. The molecule has 8 heteroatoms. The summed E-state index contributed by atoms with van der Waals surface area (Å²) in [6, 6.07) is 78.9. The molecule has 0 amide bonds. The summed E-state index contributed by atoms with van der Waals surface area (Å²) in [7, 11) is -14.8. The van der Waals surface area contributed by atoms with Gasteiger partial charge in [0.2, 0.25) is 0 Å². The summed E-state index contributed by atoms with van der Waals surface area (Å²) in [5.74, 6) is -0.117. The quantitative estimate of drug-likeness (QED) is 0.110. The fraction of sp³-hybridized carbons (Fsp3) is 0.143. The molecule has 0 nitrogen and oxygen atoms in total. The normalized spacial score (nSPS) is 24.7. The Morgan fingerprint density at radius 1 is 0.268 bits per heavy atom. The van der Waals surface area contributed by atoms with E-state index >= 15 is 12.3 Å². The molecule has 0 N–H and O–H groups in total. The third-order valence-corrected chi connectivity index (χ3v) is 83.0. The molecule has 9 aliphatic carbocycles. The van der Waals surface area contributed by atoms with Crippen LogP contribution in [0, 0.1) is 0 Å². The van der Waals surface area contributed by atoms with Crippen molar-refractivity contribution in [1.29, 1.82) is 0 Å². The first-order chi connectivity index (χ1) is 34.7. The third-order valence-electron chi connectivity index (χ3n) is 18.9. The fourth-order valence-corrected chi connectivity index (χ4v) is 86.5. The molecular formula is C63H48F3Si5. The first kappa shape index (κ1) is 42.5. The Labute approximate surface area is 420 Å². The number of benzene rings is 9. The molecule has 341 valence electrons. The standard InChI is InChI=1S/C63H48F3Si5/c1-67(61-49-31-13-4-22-40(49)58(41-23-5-14-32-50(41)61)42-24-6-15-33-51(42)61)71(70(64,65)66,68(2)62-52-34-16-7-25-43(52)59(44-26-8-17-35-53(44)62)45-27-9-18-36-54(45)62)69(3)63-55-37-19-10-28-46(55)60(47-29-11-20-38-56(47)63)48-30-12-21-39-57(48)63/h4-39,58-60H,1-3H3. The summed E-state index contributed by atoms with van der Waals surface area (Å²) < 4.78 is 60.0. The lowest BCUT2D eigenvalue weighted by Crippen LogP contribution is -2.90.